The smallest absolute Gasteiger partial charge is 0.308 e. The predicted molar refractivity (Wildman–Crippen MR) is 92.7 cm³/mol. The summed E-state index contributed by atoms with van der Waals surface area (Å²) in [4.78, 5) is 27.3. The molecule has 24 heavy (non-hydrogen) atoms. The van der Waals surface area contributed by atoms with Gasteiger partial charge in [0, 0.05) is 18.9 Å². The molecule has 0 radical (unpaired) electrons. The van der Waals surface area contributed by atoms with Crippen LogP contribution in [0.1, 0.15) is 13.8 Å². The summed E-state index contributed by atoms with van der Waals surface area (Å²) in [5.41, 5.74) is 1.18. The monoisotopic (exact) mass is 361 g/mol. The maximum atomic E-state index is 11.4. The number of ether oxygens (including phenoxy) is 2. The van der Waals surface area contributed by atoms with Gasteiger partial charge in [-0.2, -0.15) is 0 Å². The fraction of sp³-hybridized carbons (Fsp3) is 0.118. The second kappa shape index (κ2) is 6.59. The summed E-state index contributed by atoms with van der Waals surface area (Å²) in [5.74, 6) is -0.376. The number of thiazole rings is 1. The van der Waals surface area contributed by atoms with Crippen molar-refractivity contribution in [3.8, 4) is 22.1 Å². The van der Waals surface area contributed by atoms with E-state index >= 15 is 0 Å². The zero-order valence-corrected chi connectivity index (χ0v) is 14.4. The summed E-state index contributed by atoms with van der Waals surface area (Å²) in [6, 6.07) is 10.3. The van der Waals surface area contributed by atoms with Crippen molar-refractivity contribution in [1.82, 2.24) is 4.98 Å². The molecule has 0 aliphatic rings. The van der Waals surface area contributed by atoms with E-state index in [9.17, 15) is 9.59 Å². The van der Waals surface area contributed by atoms with Crippen molar-refractivity contribution in [2.75, 3.05) is 0 Å². The van der Waals surface area contributed by atoms with Crippen molar-refractivity contribution < 1.29 is 19.1 Å². The molecule has 0 aliphatic carbocycles. The van der Waals surface area contributed by atoms with Crippen LogP contribution in [-0.4, -0.2) is 16.9 Å². The molecular weight excluding hydrogens is 350 g/mol. The van der Waals surface area contributed by atoms with Crippen molar-refractivity contribution in [3.05, 3.63) is 41.4 Å². The molecule has 0 saturated carbocycles. The van der Waals surface area contributed by atoms with Crippen LogP contribution >= 0.6 is 22.9 Å². The van der Waals surface area contributed by atoms with Gasteiger partial charge in [0.05, 0.1) is 15.8 Å². The van der Waals surface area contributed by atoms with Crippen LogP contribution < -0.4 is 9.47 Å². The van der Waals surface area contributed by atoms with Crippen LogP contribution in [0.2, 0.25) is 5.02 Å². The number of esters is 2. The summed E-state index contributed by atoms with van der Waals surface area (Å²) in [6.45, 7) is 2.61. The summed E-state index contributed by atoms with van der Waals surface area (Å²) in [6.07, 6.45) is 0. The second-order valence-corrected chi connectivity index (χ2v) is 6.41. The lowest BCUT2D eigenvalue weighted by molar-refractivity contribution is -0.132. The largest absolute Gasteiger partial charge is 0.426 e. The highest BCUT2D eigenvalue weighted by Gasteiger charge is 2.19. The van der Waals surface area contributed by atoms with Crippen LogP contribution in [0.3, 0.4) is 0 Å². The number of fused-ring (bicyclic) bond motifs is 1. The highest BCUT2D eigenvalue weighted by molar-refractivity contribution is 7.21. The maximum Gasteiger partial charge on any atom is 0.308 e. The maximum absolute atomic E-state index is 11.4. The zero-order chi connectivity index (χ0) is 17.3. The molecule has 0 amide bonds. The van der Waals surface area contributed by atoms with Crippen LogP contribution in [0, 0.1) is 0 Å². The lowest BCUT2D eigenvalue weighted by Gasteiger charge is -2.11. The van der Waals surface area contributed by atoms with Gasteiger partial charge in [0.15, 0.2) is 0 Å². The van der Waals surface area contributed by atoms with Gasteiger partial charge in [0.1, 0.15) is 16.5 Å². The molecule has 0 unspecified atom stereocenters. The molecule has 1 aromatic heterocycles. The Labute approximate surface area is 146 Å². The molecule has 2 aromatic carbocycles. The Hall–Kier alpha value is -2.44. The van der Waals surface area contributed by atoms with Gasteiger partial charge in [-0.05, 0) is 30.3 Å². The molecule has 5 nitrogen and oxygen atoms in total. The van der Waals surface area contributed by atoms with Gasteiger partial charge < -0.3 is 9.47 Å². The van der Waals surface area contributed by atoms with Crippen molar-refractivity contribution >= 4 is 45.1 Å². The topological polar surface area (TPSA) is 65.5 Å². The van der Waals surface area contributed by atoms with E-state index in [-0.39, 0.29) is 11.5 Å². The lowest BCUT2D eigenvalue weighted by atomic mass is 10.2. The molecule has 0 fully saturated rings. The Kier molecular flexibility index (Phi) is 4.51. The Bertz CT molecular complexity index is 917. The van der Waals surface area contributed by atoms with Crippen molar-refractivity contribution in [1.29, 1.82) is 0 Å². The van der Waals surface area contributed by atoms with Crippen molar-refractivity contribution in [2.24, 2.45) is 0 Å². The van der Waals surface area contributed by atoms with E-state index in [0.29, 0.717) is 21.1 Å². The van der Waals surface area contributed by atoms with Gasteiger partial charge in [0.25, 0.3) is 0 Å². The standard InChI is InChI=1S/C17H12ClNO4S/c1-9(20)22-13-4-3-5-14(23-10(2)21)16(13)17-19-12-8-11(18)6-7-15(12)24-17/h3-8H,1-2H3. The molecule has 3 rings (SSSR count). The summed E-state index contributed by atoms with van der Waals surface area (Å²) in [5, 5.41) is 1.15. The average Bonchev–Trinajstić information content (AvgIpc) is 2.88. The Morgan fingerprint density at radius 2 is 1.67 bits per heavy atom. The van der Waals surface area contributed by atoms with Crippen LogP contribution in [0.25, 0.3) is 20.8 Å². The van der Waals surface area contributed by atoms with Crippen molar-refractivity contribution in [2.45, 2.75) is 13.8 Å². The normalized spacial score (nSPS) is 10.6. The molecule has 0 atom stereocenters. The van der Waals surface area contributed by atoms with E-state index in [1.807, 2.05) is 6.07 Å². The van der Waals surface area contributed by atoms with E-state index in [2.05, 4.69) is 4.98 Å². The fourth-order valence-electron chi connectivity index (χ4n) is 2.21. The zero-order valence-electron chi connectivity index (χ0n) is 12.8. The minimum Gasteiger partial charge on any atom is -0.426 e. The number of nitrogens with zero attached hydrogens (tertiary/aromatic N) is 1. The van der Waals surface area contributed by atoms with Gasteiger partial charge >= 0.3 is 11.9 Å². The van der Waals surface area contributed by atoms with Crippen LogP contribution in [0.15, 0.2) is 36.4 Å². The number of carbonyl (C=O) groups excluding carboxylic acids is 2. The number of rotatable bonds is 3. The molecule has 7 heteroatoms. The molecule has 0 N–H and O–H groups in total. The molecule has 0 spiro atoms. The number of aromatic nitrogens is 1. The number of halogens is 1. The average molecular weight is 362 g/mol. The molecule has 3 aromatic rings. The molecule has 0 saturated heterocycles. The first-order chi connectivity index (χ1) is 11.4. The predicted octanol–water partition coefficient (Wildman–Crippen LogP) is 4.47. The number of hydrogen-bond acceptors (Lipinski definition) is 6. The third-order valence-corrected chi connectivity index (χ3v) is 4.35. The van der Waals surface area contributed by atoms with Gasteiger partial charge in [-0.1, -0.05) is 17.7 Å². The first-order valence-electron chi connectivity index (χ1n) is 7.00. The SMILES string of the molecule is CC(=O)Oc1cccc(OC(C)=O)c1-c1nc2cc(Cl)ccc2s1. The second-order valence-electron chi connectivity index (χ2n) is 4.95. The number of carbonyl (C=O) groups is 2. The summed E-state index contributed by atoms with van der Waals surface area (Å²) in [7, 11) is 0. The van der Waals surface area contributed by atoms with Crippen LogP contribution in [-0.2, 0) is 9.59 Å². The highest BCUT2D eigenvalue weighted by atomic mass is 35.5. The third kappa shape index (κ3) is 3.39. The van der Waals surface area contributed by atoms with Gasteiger partial charge in [-0.3, -0.25) is 9.59 Å². The van der Waals surface area contributed by atoms with E-state index in [0.717, 1.165) is 4.70 Å². The number of hydrogen-bond donors (Lipinski definition) is 0. The van der Waals surface area contributed by atoms with Crippen LogP contribution in [0.4, 0.5) is 0 Å². The summed E-state index contributed by atoms with van der Waals surface area (Å²) >= 11 is 7.39. The quantitative estimate of drug-likeness (QED) is 0.508. The molecule has 0 bridgehead atoms. The minimum absolute atomic E-state index is 0.284. The van der Waals surface area contributed by atoms with Crippen LogP contribution in [0.5, 0.6) is 11.5 Å². The minimum atomic E-state index is -0.472. The first-order valence-corrected chi connectivity index (χ1v) is 8.20. The van der Waals surface area contributed by atoms with E-state index in [4.69, 9.17) is 21.1 Å². The Morgan fingerprint density at radius 3 is 2.25 bits per heavy atom. The van der Waals surface area contributed by atoms with Gasteiger partial charge in [0.2, 0.25) is 0 Å². The van der Waals surface area contributed by atoms with Crippen molar-refractivity contribution in [3.63, 3.8) is 0 Å². The third-order valence-electron chi connectivity index (χ3n) is 3.06. The highest BCUT2D eigenvalue weighted by Crippen LogP contribution is 2.42. The van der Waals surface area contributed by atoms with E-state index in [1.54, 1.807) is 30.3 Å². The summed E-state index contributed by atoms with van der Waals surface area (Å²) < 4.78 is 11.4. The first kappa shape index (κ1) is 16.4. The molecule has 0 aliphatic heterocycles. The molecule has 1 heterocycles. The lowest BCUT2D eigenvalue weighted by Crippen LogP contribution is -2.06. The fourth-order valence-corrected chi connectivity index (χ4v) is 3.38. The Balaban J connectivity index is 2.21. The van der Waals surface area contributed by atoms with Gasteiger partial charge in [-0.15, -0.1) is 11.3 Å². The molecule has 122 valence electrons. The molecular formula is C17H12ClNO4S. The Morgan fingerprint density at radius 1 is 1.04 bits per heavy atom. The number of benzene rings is 2. The van der Waals surface area contributed by atoms with E-state index < -0.39 is 11.9 Å². The van der Waals surface area contributed by atoms with Gasteiger partial charge in [-0.25, -0.2) is 4.98 Å². The van der Waals surface area contributed by atoms with E-state index in [1.165, 1.54) is 25.2 Å².